The number of benzene rings is 1. The van der Waals surface area contributed by atoms with E-state index in [2.05, 4.69) is 11.9 Å². The fraction of sp³-hybridized carbons (Fsp3) is 0.286. The van der Waals surface area contributed by atoms with Crippen LogP contribution in [0.4, 0.5) is 0 Å². The van der Waals surface area contributed by atoms with Gasteiger partial charge >= 0.3 is 0 Å². The Labute approximate surface area is 177 Å². The summed E-state index contributed by atoms with van der Waals surface area (Å²) >= 11 is 0. The molecule has 2 atom stereocenters. The number of fused-ring (bicyclic) bond motifs is 1. The van der Waals surface area contributed by atoms with Crippen molar-refractivity contribution in [1.82, 2.24) is 14.9 Å². The number of nitrogens with zero attached hydrogens (tertiary/aromatic N) is 3. The monoisotopic (exact) mass is 418 g/mol. The first kappa shape index (κ1) is 22.1. The first-order valence-electron chi connectivity index (χ1n) is 8.98. The van der Waals surface area contributed by atoms with Crippen molar-refractivity contribution in [1.29, 1.82) is 0 Å². The second kappa shape index (κ2) is 9.32. The number of halogens is 2. The second-order valence-electron chi connectivity index (χ2n) is 6.95. The zero-order valence-corrected chi connectivity index (χ0v) is 17.2. The highest BCUT2D eigenvalue weighted by Crippen LogP contribution is 2.29. The van der Waals surface area contributed by atoms with Crippen LogP contribution in [0.25, 0.3) is 22.2 Å². The molecule has 3 aromatic rings. The van der Waals surface area contributed by atoms with Crippen LogP contribution in [0.5, 0.6) is 0 Å². The Bertz CT molecular complexity index is 952. The molecular formula is C21H24Cl2N4O. The van der Waals surface area contributed by atoms with Gasteiger partial charge in [0, 0.05) is 35.9 Å². The molecule has 4 rings (SSSR count). The fourth-order valence-electron chi connectivity index (χ4n) is 3.77. The van der Waals surface area contributed by atoms with Crippen LogP contribution >= 0.6 is 24.8 Å². The molecule has 2 N–H and O–H groups in total. The minimum atomic E-state index is 0. The topological polar surface area (TPSA) is 72.1 Å². The van der Waals surface area contributed by atoms with Crippen molar-refractivity contribution >= 4 is 41.6 Å². The summed E-state index contributed by atoms with van der Waals surface area (Å²) in [7, 11) is 0. The normalized spacial score (nSPS) is 18.4. The van der Waals surface area contributed by atoms with E-state index >= 15 is 0 Å². The molecule has 1 amide bonds. The van der Waals surface area contributed by atoms with Gasteiger partial charge in [-0.15, -0.1) is 24.8 Å². The highest BCUT2D eigenvalue weighted by molar-refractivity contribution is 6.07. The van der Waals surface area contributed by atoms with Crippen molar-refractivity contribution < 1.29 is 4.79 Å². The number of carbonyl (C=O) groups excluding carboxylic acids is 1. The highest BCUT2D eigenvalue weighted by Gasteiger charge is 2.33. The van der Waals surface area contributed by atoms with E-state index in [9.17, 15) is 4.79 Å². The van der Waals surface area contributed by atoms with Gasteiger partial charge in [0.1, 0.15) is 0 Å². The van der Waals surface area contributed by atoms with Crippen molar-refractivity contribution in [3.63, 3.8) is 0 Å². The minimum absolute atomic E-state index is 0. The van der Waals surface area contributed by atoms with Crippen molar-refractivity contribution in [3.8, 4) is 11.3 Å². The Morgan fingerprint density at radius 3 is 2.57 bits per heavy atom. The number of para-hydroxylation sites is 1. The highest BCUT2D eigenvalue weighted by atomic mass is 35.5. The average Bonchev–Trinajstić information content (AvgIpc) is 3.08. The third kappa shape index (κ3) is 4.12. The lowest BCUT2D eigenvalue weighted by Crippen LogP contribution is -2.34. The molecule has 1 aliphatic heterocycles. The number of likely N-dealkylation sites (tertiary alicyclic amines) is 1. The molecule has 148 valence electrons. The molecule has 1 saturated heterocycles. The fourth-order valence-corrected chi connectivity index (χ4v) is 3.77. The summed E-state index contributed by atoms with van der Waals surface area (Å²) in [4.78, 5) is 24.1. The molecule has 2 aromatic heterocycles. The predicted molar refractivity (Wildman–Crippen MR) is 117 cm³/mol. The molecule has 2 unspecified atom stereocenters. The van der Waals surface area contributed by atoms with Gasteiger partial charge in [0.15, 0.2) is 0 Å². The Morgan fingerprint density at radius 2 is 1.89 bits per heavy atom. The SMILES string of the molecule is CC1CC(CN)CN1C(=O)c1cc(-c2ccncc2)nc2ccccc12.Cl.Cl. The molecule has 1 fully saturated rings. The van der Waals surface area contributed by atoms with Gasteiger partial charge in [-0.2, -0.15) is 0 Å². The van der Waals surface area contributed by atoms with Crippen molar-refractivity contribution in [2.24, 2.45) is 11.7 Å². The standard InChI is InChI=1S/C21H22N4O.2ClH/c1-14-10-15(12-22)13-25(14)21(26)18-11-20(16-6-8-23-9-7-16)24-19-5-3-2-4-17(18)19;;/h2-9,11,14-15H,10,12-13,22H2,1H3;2*1H. The Morgan fingerprint density at radius 1 is 1.18 bits per heavy atom. The predicted octanol–water partition coefficient (Wildman–Crippen LogP) is 3.95. The number of amides is 1. The van der Waals surface area contributed by atoms with Crippen LogP contribution in [0.15, 0.2) is 54.9 Å². The summed E-state index contributed by atoms with van der Waals surface area (Å²) in [5.74, 6) is 0.434. The third-order valence-electron chi connectivity index (χ3n) is 5.18. The smallest absolute Gasteiger partial charge is 0.254 e. The number of nitrogens with two attached hydrogens (primary N) is 1. The van der Waals surface area contributed by atoms with Gasteiger partial charge in [0.25, 0.3) is 5.91 Å². The summed E-state index contributed by atoms with van der Waals surface area (Å²) in [5.41, 5.74) is 9.10. The Kier molecular flexibility index (Phi) is 7.35. The first-order valence-corrected chi connectivity index (χ1v) is 8.98. The van der Waals surface area contributed by atoms with Gasteiger partial charge in [0.05, 0.1) is 16.8 Å². The molecule has 1 aromatic carbocycles. The number of carbonyl (C=O) groups is 1. The minimum Gasteiger partial charge on any atom is -0.336 e. The van der Waals surface area contributed by atoms with E-state index in [0.717, 1.165) is 35.1 Å². The van der Waals surface area contributed by atoms with E-state index in [1.54, 1.807) is 12.4 Å². The number of hydrogen-bond donors (Lipinski definition) is 1. The van der Waals surface area contributed by atoms with E-state index in [0.29, 0.717) is 18.0 Å². The van der Waals surface area contributed by atoms with Crippen molar-refractivity contribution in [3.05, 3.63) is 60.4 Å². The van der Waals surface area contributed by atoms with E-state index in [-0.39, 0.29) is 36.8 Å². The maximum absolute atomic E-state index is 13.4. The molecule has 0 saturated carbocycles. The molecule has 3 heterocycles. The maximum atomic E-state index is 13.4. The lowest BCUT2D eigenvalue weighted by Gasteiger charge is -2.22. The summed E-state index contributed by atoms with van der Waals surface area (Å²) in [5, 5.41) is 0.888. The summed E-state index contributed by atoms with van der Waals surface area (Å²) in [6, 6.07) is 13.7. The number of aromatic nitrogens is 2. The van der Waals surface area contributed by atoms with Gasteiger partial charge in [-0.1, -0.05) is 18.2 Å². The van der Waals surface area contributed by atoms with Crippen LogP contribution in [-0.2, 0) is 0 Å². The largest absolute Gasteiger partial charge is 0.336 e. The van der Waals surface area contributed by atoms with Crippen LogP contribution in [-0.4, -0.2) is 39.9 Å². The number of hydrogen-bond acceptors (Lipinski definition) is 4. The van der Waals surface area contributed by atoms with Gasteiger partial charge in [-0.3, -0.25) is 9.78 Å². The Hall–Kier alpha value is -2.21. The Balaban J connectivity index is 0.00000140. The van der Waals surface area contributed by atoms with E-state index in [1.807, 2.05) is 47.4 Å². The zero-order chi connectivity index (χ0) is 18.1. The summed E-state index contributed by atoms with van der Waals surface area (Å²) < 4.78 is 0. The van der Waals surface area contributed by atoms with Gasteiger partial charge < -0.3 is 10.6 Å². The molecule has 1 aliphatic rings. The van der Waals surface area contributed by atoms with Crippen LogP contribution in [0.2, 0.25) is 0 Å². The second-order valence-corrected chi connectivity index (χ2v) is 6.95. The quantitative estimate of drug-likeness (QED) is 0.698. The molecule has 0 spiro atoms. The van der Waals surface area contributed by atoms with E-state index in [4.69, 9.17) is 10.7 Å². The first-order chi connectivity index (χ1) is 12.7. The van der Waals surface area contributed by atoms with Gasteiger partial charge in [0.2, 0.25) is 0 Å². The number of rotatable bonds is 3. The maximum Gasteiger partial charge on any atom is 0.254 e. The molecule has 0 bridgehead atoms. The molecule has 5 nitrogen and oxygen atoms in total. The average molecular weight is 419 g/mol. The number of pyridine rings is 2. The zero-order valence-electron chi connectivity index (χ0n) is 15.6. The molecule has 7 heteroatoms. The van der Waals surface area contributed by atoms with Crippen LogP contribution in [0.1, 0.15) is 23.7 Å². The molecule has 28 heavy (non-hydrogen) atoms. The van der Waals surface area contributed by atoms with E-state index in [1.165, 1.54) is 0 Å². The van der Waals surface area contributed by atoms with Crippen LogP contribution < -0.4 is 5.73 Å². The van der Waals surface area contributed by atoms with Crippen LogP contribution in [0, 0.1) is 5.92 Å². The lowest BCUT2D eigenvalue weighted by molar-refractivity contribution is 0.0745. The molecule has 0 aliphatic carbocycles. The lowest BCUT2D eigenvalue weighted by atomic mass is 10.0. The molecule has 0 radical (unpaired) electrons. The third-order valence-corrected chi connectivity index (χ3v) is 5.18. The molecular weight excluding hydrogens is 395 g/mol. The summed E-state index contributed by atoms with van der Waals surface area (Å²) in [6.45, 7) is 3.44. The van der Waals surface area contributed by atoms with Crippen molar-refractivity contribution in [2.45, 2.75) is 19.4 Å². The van der Waals surface area contributed by atoms with Gasteiger partial charge in [-0.05, 0) is 50.1 Å². The summed E-state index contributed by atoms with van der Waals surface area (Å²) in [6.07, 6.45) is 4.44. The van der Waals surface area contributed by atoms with Crippen LogP contribution in [0.3, 0.4) is 0 Å². The van der Waals surface area contributed by atoms with Gasteiger partial charge in [-0.25, -0.2) is 4.98 Å². The van der Waals surface area contributed by atoms with E-state index < -0.39 is 0 Å². The van der Waals surface area contributed by atoms with Crippen molar-refractivity contribution in [2.75, 3.05) is 13.1 Å².